The smallest absolute Gasteiger partial charge is 0.0113 e. The van der Waals surface area contributed by atoms with Crippen LogP contribution in [0.5, 0.6) is 0 Å². The first-order valence-corrected chi connectivity index (χ1v) is 5.91. The Balaban J connectivity index is 1.49. The molecular formula is C11H21N3. The fourth-order valence-electron chi connectivity index (χ4n) is 3.15. The molecule has 0 unspecified atom stereocenters. The van der Waals surface area contributed by atoms with E-state index >= 15 is 0 Å². The summed E-state index contributed by atoms with van der Waals surface area (Å²) in [5, 5.41) is 3.41. The molecule has 3 aliphatic rings. The van der Waals surface area contributed by atoms with Gasteiger partial charge in [-0.2, -0.15) is 0 Å². The lowest BCUT2D eigenvalue weighted by atomic mass is 9.61. The van der Waals surface area contributed by atoms with Gasteiger partial charge in [-0.1, -0.05) is 0 Å². The van der Waals surface area contributed by atoms with E-state index in [0.29, 0.717) is 0 Å². The highest BCUT2D eigenvalue weighted by Crippen LogP contribution is 2.46. The minimum atomic E-state index is 0.744. The maximum Gasteiger partial charge on any atom is 0.0113 e. The fraction of sp³-hybridized carbons (Fsp3) is 1.00. The maximum atomic E-state index is 3.41. The van der Waals surface area contributed by atoms with Crippen LogP contribution >= 0.6 is 0 Å². The molecular weight excluding hydrogens is 174 g/mol. The minimum Gasteiger partial charge on any atom is -0.316 e. The van der Waals surface area contributed by atoms with E-state index < -0.39 is 0 Å². The van der Waals surface area contributed by atoms with Gasteiger partial charge in [0.15, 0.2) is 0 Å². The Kier molecular flexibility index (Phi) is 2.08. The van der Waals surface area contributed by atoms with Crippen LogP contribution in [-0.2, 0) is 0 Å². The lowest BCUT2D eigenvalue weighted by Crippen LogP contribution is -2.66. The van der Waals surface area contributed by atoms with Gasteiger partial charge in [0, 0.05) is 45.3 Å². The molecule has 3 nitrogen and oxygen atoms in total. The van der Waals surface area contributed by atoms with Crippen LogP contribution in [0, 0.1) is 5.41 Å². The van der Waals surface area contributed by atoms with Crippen molar-refractivity contribution in [3.05, 3.63) is 0 Å². The number of likely N-dealkylation sites (N-methyl/N-ethyl adjacent to an activating group) is 1. The van der Waals surface area contributed by atoms with E-state index in [1.807, 2.05) is 0 Å². The predicted octanol–water partition coefficient (Wildman–Crippen LogP) is -0.0142. The van der Waals surface area contributed by atoms with E-state index in [-0.39, 0.29) is 0 Å². The Labute approximate surface area is 86.4 Å². The summed E-state index contributed by atoms with van der Waals surface area (Å²) in [6.07, 6.45) is 2.92. The van der Waals surface area contributed by atoms with E-state index in [1.54, 1.807) is 0 Å². The Morgan fingerprint density at radius 2 is 1.71 bits per heavy atom. The zero-order valence-electron chi connectivity index (χ0n) is 9.13. The summed E-state index contributed by atoms with van der Waals surface area (Å²) in [5.74, 6) is 0. The number of hydrogen-bond donors (Lipinski definition) is 1. The monoisotopic (exact) mass is 195 g/mol. The zero-order valence-corrected chi connectivity index (χ0v) is 9.13. The van der Waals surface area contributed by atoms with Gasteiger partial charge in [0.1, 0.15) is 0 Å². The highest BCUT2D eigenvalue weighted by molar-refractivity contribution is 5.06. The molecule has 14 heavy (non-hydrogen) atoms. The first-order chi connectivity index (χ1) is 6.77. The highest BCUT2D eigenvalue weighted by Gasteiger charge is 2.50. The summed E-state index contributed by atoms with van der Waals surface area (Å²) in [6.45, 7) is 7.70. The SMILES string of the molecule is CN1CCN(C2CC3(CNC3)C2)CC1. The Hall–Kier alpha value is -0.120. The van der Waals surface area contributed by atoms with Gasteiger partial charge in [0.05, 0.1) is 0 Å². The second-order valence-corrected chi connectivity index (χ2v) is 5.50. The molecule has 1 saturated carbocycles. The molecule has 0 radical (unpaired) electrons. The number of rotatable bonds is 1. The van der Waals surface area contributed by atoms with Crippen LogP contribution in [0.25, 0.3) is 0 Å². The molecule has 3 rings (SSSR count). The van der Waals surface area contributed by atoms with Crippen LogP contribution in [0.15, 0.2) is 0 Å². The van der Waals surface area contributed by atoms with E-state index in [0.717, 1.165) is 11.5 Å². The summed E-state index contributed by atoms with van der Waals surface area (Å²) in [7, 11) is 2.23. The molecule has 2 saturated heterocycles. The van der Waals surface area contributed by atoms with Gasteiger partial charge >= 0.3 is 0 Å². The van der Waals surface area contributed by atoms with Crippen molar-refractivity contribution in [2.24, 2.45) is 5.41 Å². The first-order valence-electron chi connectivity index (χ1n) is 5.91. The number of piperazine rings is 1. The quantitative estimate of drug-likeness (QED) is 0.635. The molecule has 1 spiro atoms. The van der Waals surface area contributed by atoms with Crippen LogP contribution < -0.4 is 5.32 Å². The van der Waals surface area contributed by atoms with Gasteiger partial charge < -0.3 is 10.2 Å². The third-order valence-corrected chi connectivity index (χ3v) is 4.39. The fourth-order valence-corrected chi connectivity index (χ4v) is 3.15. The van der Waals surface area contributed by atoms with Crippen molar-refractivity contribution in [3.8, 4) is 0 Å². The van der Waals surface area contributed by atoms with E-state index in [4.69, 9.17) is 0 Å². The highest BCUT2D eigenvalue weighted by atomic mass is 15.3. The molecule has 0 bridgehead atoms. The number of nitrogens with one attached hydrogen (secondary N) is 1. The summed E-state index contributed by atoms with van der Waals surface area (Å²) in [6, 6.07) is 0.922. The van der Waals surface area contributed by atoms with Crippen LogP contribution in [0.4, 0.5) is 0 Å². The summed E-state index contributed by atoms with van der Waals surface area (Å²) < 4.78 is 0. The Morgan fingerprint density at radius 1 is 1.07 bits per heavy atom. The van der Waals surface area contributed by atoms with Crippen LogP contribution in [0.1, 0.15) is 12.8 Å². The summed E-state index contributed by atoms with van der Waals surface area (Å²) in [5.41, 5.74) is 0.744. The number of nitrogens with zero attached hydrogens (tertiary/aromatic N) is 2. The second kappa shape index (κ2) is 3.19. The predicted molar refractivity (Wildman–Crippen MR) is 57.4 cm³/mol. The van der Waals surface area contributed by atoms with Crippen molar-refractivity contribution in [2.45, 2.75) is 18.9 Å². The third kappa shape index (κ3) is 1.38. The molecule has 0 atom stereocenters. The van der Waals surface area contributed by atoms with E-state index in [2.05, 4.69) is 22.2 Å². The van der Waals surface area contributed by atoms with Gasteiger partial charge in [0.2, 0.25) is 0 Å². The lowest BCUT2D eigenvalue weighted by Gasteiger charge is -2.58. The van der Waals surface area contributed by atoms with Gasteiger partial charge in [0.25, 0.3) is 0 Å². The average Bonchev–Trinajstić information content (AvgIpc) is 2.03. The minimum absolute atomic E-state index is 0.744. The molecule has 1 N–H and O–H groups in total. The molecule has 0 aromatic rings. The molecule has 2 aliphatic heterocycles. The van der Waals surface area contributed by atoms with Crippen molar-refractivity contribution in [1.82, 2.24) is 15.1 Å². The molecule has 0 amide bonds. The number of hydrogen-bond acceptors (Lipinski definition) is 3. The van der Waals surface area contributed by atoms with Gasteiger partial charge in [-0.25, -0.2) is 0 Å². The zero-order chi connectivity index (χ0) is 9.60. The van der Waals surface area contributed by atoms with Crippen molar-refractivity contribution >= 4 is 0 Å². The molecule has 0 aromatic heterocycles. The molecule has 3 heteroatoms. The van der Waals surface area contributed by atoms with Gasteiger partial charge in [-0.05, 0) is 25.3 Å². The van der Waals surface area contributed by atoms with Crippen LogP contribution in [0.2, 0.25) is 0 Å². The third-order valence-electron chi connectivity index (χ3n) is 4.39. The molecule has 1 aliphatic carbocycles. The molecule has 2 heterocycles. The Bertz CT molecular complexity index is 209. The molecule has 0 aromatic carbocycles. The van der Waals surface area contributed by atoms with Gasteiger partial charge in [-0.15, -0.1) is 0 Å². The van der Waals surface area contributed by atoms with E-state index in [9.17, 15) is 0 Å². The summed E-state index contributed by atoms with van der Waals surface area (Å²) in [4.78, 5) is 5.15. The van der Waals surface area contributed by atoms with E-state index in [1.165, 1.54) is 52.1 Å². The largest absolute Gasteiger partial charge is 0.316 e. The van der Waals surface area contributed by atoms with Crippen molar-refractivity contribution in [3.63, 3.8) is 0 Å². The van der Waals surface area contributed by atoms with Crippen LogP contribution in [0.3, 0.4) is 0 Å². The first kappa shape index (κ1) is 9.13. The standard InChI is InChI=1S/C11H21N3/c1-13-2-4-14(5-3-13)10-6-11(7-10)8-12-9-11/h10,12H,2-9H2,1H3. The topological polar surface area (TPSA) is 18.5 Å². The summed E-state index contributed by atoms with van der Waals surface area (Å²) >= 11 is 0. The van der Waals surface area contributed by atoms with Crippen LogP contribution in [-0.4, -0.2) is 62.2 Å². The maximum absolute atomic E-state index is 3.41. The van der Waals surface area contributed by atoms with Crippen molar-refractivity contribution in [2.75, 3.05) is 46.3 Å². The Morgan fingerprint density at radius 3 is 2.21 bits per heavy atom. The normalized spacial score (nSPS) is 34.1. The molecule has 3 fully saturated rings. The van der Waals surface area contributed by atoms with Crippen molar-refractivity contribution < 1.29 is 0 Å². The lowest BCUT2D eigenvalue weighted by molar-refractivity contribution is -0.0482. The van der Waals surface area contributed by atoms with Crippen molar-refractivity contribution in [1.29, 1.82) is 0 Å². The van der Waals surface area contributed by atoms with Gasteiger partial charge in [-0.3, -0.25) is 4.90 Å². The molecule has 80 valence electrons. The second-order valence-electron chi connectivity index (χ2n) is 5.50. The average molecular weight is 195 g/mol.